The van der Waals surface area contributed by atoms with Crippen molar-refractivity contribution < 1.29 is 14.5 Å². The Morgan fingerprint density at radius 3 is 2.95 bits per heavy atom. The van der Waals surface area contributed by atoms with Gasteiger partial charge in [-0.1, -0.05) is 6.07 Å². The molecule has 1 amide bonds. The van der Waals surface area contributed by atoms with Gasteiger partial charge in [0.05, 0.1) is 18.1 Å². The molecule has 2 rings (SSSR count). The maximum Gasteiger partial charge on any atom is 0.316 e. The molecule has 1 aromatic rings. The summed E-state index contributed by atoms with van der Waals surface area (Å²) in [5.74, 6) is 5.08. The van der Waals surface area contributed by atoms with Crippen LogP contribution >= 0.6 is 0 Å². The van der Waals surface area contributed by atoms with E-state index in [2.05, 4.69) is 10.7 Å². The SMILES string of the molecule is CNC(=O)C1COCCN1c1cccc(NN)c1[N+](=O)[O-]. The van der Waals surface area contributed by atoms with Crippen LogP contribution in [0.4, 0.5) is 17.1 Å². The number of hydrogen-bond donors (Lipinski definition) is 3. The lowest BCUT2D eigenvalue weighted by Gasteiger charge is -2.35. The molecule has 0 saturated carbocycles. The lowest BCUT2D eigenvalue weighted by molar-refractivity contribution is -0.383. The molecule has 1 aromatic carbocycles. The standard InChI is InChI=1S/C12H17N5O4/c1-14-12(18)10-7-21-6-5-16(10)9-4-2-3-8(15-13)11(9)17(19)20/h2-4,10,15H,5-7,13H2,1H3,(H,14,18). The van der Waals surface area contributed by atoms with E-state index in [1.54, 1.807) is 17.0 Å². The number of rotatable bonds is 4. The first-order valence-electron chi connectivity index (χ1n) is 6.40. The van der Waals surface area contributed by atoms with E-state index in [1.807, 2.05) is 0 Å². The molecule has 114 valence electrons. The molecule has 1 fully saturated rings. The van der Waals surface area contributed by atoms with Crippen molar-refractivity contribution >= 4 is 23.0 Å². The number of nitrogens with zero attached hydrogens (tertiary/aromatic N) is 2. The summed E-state index contributed by atoms with van der Waals surface area (Å²) in [6.45, 7) is 0.953. The highest BCUT2D eigenvalue weighted by Crippen LogP contribution is 2.36. The van der Waals surface area contributed by atoms with Crippen LogP contribution in [0.25, 0.3) is 0 Å². The van der Waals surface area contributed by atoms with Crippen molar-refractivity contribution in [2.24, 2.45) is 5.84 Å². The predicted molar refractivity (Wildman–Crippen MR) is 76.9 cm³/mol. The Bertz CT molecular complexity index is 550. The molecule has 0 aliphatic carbocycles. The molecule has 21 heavy (non-hydrogen) atoms. The minimum absolute atomic E-state index is 0.157. The summed E-state index contributed by atoms with van der Waals surface area (Å²) in [6, 6.07) is 4.14. The smallest absolute Gasteiger partial charge is 0.316 e. The van der Waals surface area contributed by atoms with Crippen molar-refractivity contribution in [1.29, 1.82) is 0 Å². The third-order valence-electron chi connectivity index (χ3n) is 3.34. The van der Waals surface area contributed by atoms with Gasteiger partial charge in [-0.25, -0.2) is 0 Å². The summed E-state index contributed by atoms with van der Waals surface area (Å²) < 4.78 is 5.30. The van der Waals surface area contributed by atoms with Gasteiger partial charge in [-0.2, -0.15) is 0 Å². The van der Waals surface area contributed by atoms with Crippen LogP contribution < -0.4 is 21.5 Å². The molecular weight excluding hydrogens is 278 g/mol. The molecule has 0 radical (unpaired) electrons. The van der Waals surface area contributed by atoms with Crippen LogP contribution in [0.3, 0.4) is 0 Å². The zero-order chi connectivity index (χ0) is 15.4. The minimum atomic E-state index is -0.615. The number of hydrazine groups is 1. The first-order valence-corrected chi connectivity index (χ1v) is 6.40. The van der Waals surface area contributed by atoms with Gasteiger partial charge in [-0.15, -0.1) is 0 Å². The molecule has 1 aliphatic rings. The molecule has 1 atom stereocenters. The topological polar surface area (TPSA) is 123 Å². The fourth-order valence-electron chi connectivity index (χ4n) is 2.35. The Labute approximate surface area is 121 Å². The summed E-state index contributed by atoms with van der Waals surface area (Å²) in [6.07, 6.45) is 0. The van der Waals surface area contributed by atoms with Gasteiger partial charge in [0.25, 0.3) is 0 Å². The van der Waals surface area contributed by atoms with E-state index in [0.29, 0.717) is 18.8 Å². The number of morpholine rings is 1. The van der Waals surface area contributed by atoms with Crippen LogP contribution in [0, 0.1) is 10.1 Å². The van der Waals surface area contributed by atoms with E-state index in [-0.39, 0.29) is 23.9 Å². The number of nitrogens with two attached hydrogens (primary N) is 1. The normalized spacial score (nSPS) is 18.2. The third kappa shape index (κ3) is 2.88. The fraction of sp³-hybridized carbons (Fsp3) is 0.417. The van der Waals surface area contributed by atoms with Crippen LogP contribution in [0.5, 0.6) is 0 Å². The summed E-state index contributed by atoms with van der Waals surface area (Å²) in [5.41, 5.74) is 2.69. The summed E-state index contributed by atoms with van der Waals surface area (Å²) >= 11 is 0. The van der Waals surface area contributed by atoms with E-state index in [0.717, 1.165) is 0 Å². The van der Waals surface area contributed by atoms with Crippen molar-refractivity contribution in [2.75, 3.05) is 37.1 Å². The number of hydrogen-bond acceptors (Lipinski definition) is 7. The average molecular weight is 295 g/mol. The van der Waals surface area contributed by atoms with Gasteiger partial charge < -0.3 is 20.4 Å². The van der Waals surface area contributed by atoms with Crippen LogP contribution in [-0.4, -0.2) is 43.7 Å². The maximum atomic E-state index is 11.9. The summed E-state index contributed by atoms with van der Waals surface area (Å²) in [7, 11) is 1.52. The van der Waals surface area contributed by atoms with Crippen LogP contribution in [0.1, 0.15) is 0 Å². The quantitative estimate of drug-likeness (QED) is 0.400. The Hall–Kier alpha value is -2.39. The Morgan fingerprint density at radius 1 is 1.57 bits per heavy atom. The number of carbonyl (C=O) groups excluding carboxylic acids is 1. The molecule has 0 bridgehead atoms. The fourth-order valence-corrected chi connectivity index (χ4v) is 2.35. The third-order valence-corrected chi connectivity index (χ3v) is 3.34. The second-order valence-corrected chi connectivity index (χ2v) is 4.47. The van der Waals surface area contributed by atoms with Crippen molar-refractivity contribution in [1.82, 2.24) is 5.32 Å². The van der Waals surface area contributed by atoms with E-state index in [4.69, 9.17) is 10.6 Å². The molecule has 1 saturated heterocycles. The highest BCUT2D eigenvalue weighted by molar-refractivity contribution is 5.88. The zero-order valence-corrected chi connectivity index (χ0v) is 11.5. The second kappa shape index (κ2) is 6.37. The monoisotopic (exact) mass is 295 g/mol. The van der Waals surface area contributed by atoms with Gasteiger partial charge in [-0.3, -0.25) is 20.8 Å². The number of nitrogens with one attached hydrogen (secondary N) is 2. The molecule has 9 nitrogen and oxygen atoms in total. The first-order chi connectivity index (χ1) is 10.1. The van der Waals surface area contributed by atoms with Crippen LogP contribution in [-0.2, 0) is 9.53 Å². The van der Waals surface area contributed by atoms with Gasteiger partial charge in [0.2, 0.25) is 5.91 Å². The molecular formula is C12H17N5O4. The van der Waals surface area contributed by atoms with E-state index < -0.39 is 11.0 Å². The Balaban J connectivity index is 2.48. The number of likely N-dealkylation sites (N-methyl/N-ethyl adjacent to an activating group) is 1. The van der Waals surface area contributed by atoms with E-state index in [9.17, 15) is 14.9 Å². The van der Waals surface area contributed by atoms with Gasteiger partial charge >= 0.3 is 5.69 Å². The number of anilines is 2. The van der Waals surface area contributed by atoms with E-state index in [1.165, 1.54) is 13.1 Å². The molecule has 9 heteroatoms. The van der Waals surface area contributed by atoms with Gasteiger partial charge in [0, 0.05) is 13.6 Å². The lowest BCUT2D eigenvalue weighted by Crippen LogP contribution is -2.53. The maximum absolute atomic E-state index is 11.9. The number of nitro groups is 1. The van der Waals surface area contributed by atoms with Crippen molar-refractivity contribution in [2.45, 2.75) is 6.04 Å². The number of amides is 1. The Kier molecular flexibility index (Phi) is 4.55. The number of benzene rings is 1. The van der Waals surface area contributed by atoms with Crippen molar-refractivity contribution in [3.05, 3.63) is 28.3 Å². The number of carbonyl (C=O) groups is 1. The van der Waals surface area contributed by atoms with Gasteiger partial charge in [0.15, 0.2) is 0 Å². The van der Waals surface area contributed by atoms with Gasteiger partial charge in [-0.05, 0) is 12.1 Å². The highest BCUT2D eigenvalue weighted by Gasteiger charge is 2.34. The average Bonchev–Trinajstić information content (AvgIpc) is 2.53. The minimum Gasteiger partial charge on any atom is -0.377 e. The van der Waals surface area contributed by atoms with Crippen molar-refractivity contribution in [3.8, 4) is 0 Å². The number of nitro benzene ring substituents is 1. The molecule has 0 spiro atoms. The molecule has 0 aromatic heterocycles. The molecule has 1 unspecified atom stereocenters. The lowest BCUT2D eigenvalue weighted by atomic mass is 10.1. The van der Waals surface area contributed by atoms with Crippen LogP contribution in [0.15, 0.2) is 18.2 Å². The number of ether oxygens (including phenoxy) is 1. The number of nitrogen functional groups attached to an aromatic ring is 1. The summed E-state index contributed by atoms with van der Waals surface area (Å²) in [4.78, 5) is 24.4. The zero-order valence-electron chi connectivity index (χ0n) is 11.5. The number of para-hydroxylation sites is 1. The molecule has 1 heterocycles. The first kappa shape index (κ1) is 15.0. The van der Waals surface area contributed by atoms with E-state index >= 15 is 0 Å². The molecule has 4 N–H and O–H groups in total. The van der Waals surface area contributed by atoms with Crippen molar-refractivity contribution in [3.63, 3.8) is 0 Å². The summed E-state index contributed by atoms with van der Waals surface area (Å²) in [5, 5.41) is 13.9. The second-order valence-electron chi connectivity index (χ2n) is 4.47. The van der Waals surface area contributed by atoms with Crippen LogP contribution in [0.2, 0.25) is 0 Å². The molecule has 1 aliphatic heterocycles. The highest BCUT2D eigenvalue weighted by atomic mass is 16.6. The van der Waals surface area contributed by atoms with Gasteiger partial charge in [0.1, 0.15) is 17.4 Å². The largest absolute Gasteiger partial charge is 0.377 e. The predicted octanol–water partition coefficient (Wildman–Crippen LogP) is -0.168. The Morgan fingerprint density at radius 2 is 2.33 bits per heavy atom.